The topological polar surface area (TPSA) is 49.4 Å². The van der Waals surface area contributed by atoms with E-state index in [1.165, 1.54) is 17.0 Å². The summed E-state index contributed by atoms with van der Waals surface area (Å²) in [5.74, 6) is -0.622. The van der Waals surface area contributed by atoms with Gasteiger partial charge in [0, 0.05) is 13.0 Å². The number of alkyl halides is 3. The molecule has 2 aromatic carbocycles. The molecular weight excluding hydrogens is 345 g/mol. The van der Waals surface area contributed by atoms with Gasteiger partial charge in [0.2, 0.25) is 11.8 Å². The van der Waals surface area contributed by atoms with Crippen molar-refractivity contribution in [1.82, 2.24) is 10.2 Å². The second-order valence-corrected chi connectivity index (χ2v) is 6.20. The molecule has 0 spiro atoms. The number of carbonyl (C=O) groups is 2. The number of rotatable bonds is 4. The SMILES string of the molecule is O=C1CN(Cc2ccccc2)C(=O)[C@@H](Cc2cccc(C(F)(F)F)c2)N1. The van der Waals surface area contributed by atoms with Crippen LogP contribution < -0.4 is 5.32 Å². The van der Waals surface area contributed by atoms with Crippen LogP contribution >= 0.6 is 0 Å². The normalized spacial score (nSPS) is 18.0. The van der Waals surface area contributed by atoms with E-state index in [-0.39, 0.29) is 31.3 Å². The molecule has 136 valence electrons. The van der Waals surface area contributed by atoms with E-state index in [9.17, 15) is 22.8 Å². The van der Waals surface area contributed by atoms with Gasteiger partial charge in [0.1, 0.15) is 6.04 Å². The maximum absolute atomic E-state index is 12.8. The Labute approximate surface area is 148 Å². The standard InChI is InChI=1S/C19H17F3N2O2/c20-19(21,22)15-8-4-7-14(9-15)10-16-18(26)24(12-17(25)23-16)11-13-5-2-1-3-6-13/h1-9,16H,10-12H2,(H,23,25)/t16-/m1/s1. The Bertz CT molecular complexity index is 806. The molecule has 0 aromatic heterocycles. The summed E-state index contributed by atoms with van der Waals surface area (Å²) in [4.78, 5) is 26.0. The summed E-state index contributed by atoms with van der Waals surface area (Å²) in [6.45, 7) is 0.221. The minimum absolute atomic E-state index is 0.0137. The highest BCUT2D eigenvalue weighted by Crippen LogP contribution is 2.29. The molecule has 1 saturated heterocycles. The molecule has 0 aliphatic carbocycles. The number of carbonyl (C=O) groups excluding carboxylic acids is 2. The van der Waals surface area contributed by atoms with Crippen LogP contribution in [0.1, 0.15) is 16.7 Å². The van der Waals surface area contributed by atoms with E-state index < -0.39 is 17.8 Å². The third-order valence-corrected chi connectivity index (χ3v) is 4.19. The zero-order chi connectivity index (χ0) is 18.7. The quantitative estimate of drug-likeness (QED) is 0.909. The lowest BCUT2D eigenvalue weighted by Gasteiger charge is -2.32. The van der Waals surface area contributed by atoms with E-state index in [0.717, 1.165) is 17.7 Å². The van der Waals surface area contributed by atoms with E-state index in [1.54, 1.807) is 0 Å². The molecule has 0 unspecified atom stereocenters. The summed E-state index contributed by atoms with van der Waals surface area (Å²) in [7, 11) is 0. The van der Waals surface area contributed by atoms with E-state index in [4.69, 9.17) is 0 Å². The van der Waals surface area contributed by atoms with E-state index in [1.807, 2.05) is 30.3 Å². The smallest absolute Gasteiger partial charge is 0.342 e. The van der Waals surface area contributed by atoms with Gasteiger partial charge in [-0.05, 0) is 17.2 Å². The summed E-state index contributed by atoms with van der Waals surface area (Å²) < 4.78 is 38.5. The second kappa shape index (κ2) is 7.19. The Morgan fingerprint density at radius 2 is 1.69 bits per heavy atom. The van der Waals surface area contributed by atoms with Crippen LogP contribution in [0.25, 0.3) is 0 Å². The van der Waals surface area contributed by atoms with E-state index >= 15 is 0 Å². The van der Waals surface area contributed by atoms with Crippen LogP contribution in [0.4, 0.5) is 13.2 Å². The van der Waals surface area contributed by atoms with Gasteiger partial charge in [-0.15, -0.1) is 0 Å². The van der Waals surface area contributed by atoms with Gasteiger partial charge in [-0.3, -0.25) is 9.59 Å². The minimum atomic E-state index is -4.45. The van der Waals surface area contributed by atoms with Crippen LogP contribution in [-0.4, -0.2) is 29.3 Å². The highest BCUT2D eigenvalue weighted by Gasteiger charge is 2.34. The van der Waals surface area contributed by atoms with Crippen LogP contribution in [-0.2, 0) is 28.7 Å². The molecule has 1 aliphatic heterocycles. The first kappa shape index (κ1) is 18.0. The molecule has 2 amide bonds. The van der Waals surface area contributed by atoms with Crippen molar-refractivity contribution in [2.45, 2.75) is 25.2 Å². The lowest BCUT2D eigenvalue weighted by molar-refractivity contribution is -0.144. The molecule has 1 atom stereocenters. The third-order valence-electron chi connectivity index (χ3n) is 4.19. The van der Waals surface area contributed by atoms with Gasteiger partial charge in [-0.2, -0.15) is 13.2 Å². The van der Waals surface area contributed by atoms with Crippen molar-refractivity contribution in [3.05, 3.63) is 71.3 Å². The van der Waals surface area contributed by atoms with Crippen LogP contribution in [0.3, 0.4) is 0 Å². The van der Waals surface area contributed by atoms with Crippen LogP contribution in [0.15, 0.2) is 54.6 Å². The average molecular weight is 362 g/mol. The molecule has 1 fully saturated rings. The predicted molar refractivity (Wildman–Crippen MR) is 88.9 cm³/mol. The van der Waals surface area contributed by atoms with E-state index in [0.29, 0.717) is 5.56 Å². The molecule has 4 nitrogen and oxygen atoms in total. The first-order valence-electron chi connectivity index (χ1n) is 8.11. The van der Waals surface area contributed by atoms with Crippen LogP contribution in [0.2, 0.25) is 0 Å². The largest absolute Gasteiger partial charge is 0.416 e. The van der Waals surface area contributed by atoms with Gasteiger partial charge in [-0.25, -0.2) is 0 Å². The molecule has 2 aromatic rings. The lowest BCUT2D eigenvalue weighted by Crippen LogP contribution is -2.58. The molecule has 1 N–H and O–H groups in total. The first-order chi connectivity index (χ1) is 12.3. The first-order valence-corrected chi connectivity index (χ1v) is 8.11. The van der Waals surface area contributed by atoms with Gasteiger partial charge in [0.25, 0.3) is 0 Å². The summed E-state index contributed by atoms with van der Waals surface area (Å²) in [6.07, 6.45) is -4.44. The highest BCUT2D eigenvalue weighted by atomic mass is 19.4. The number of nitrogens with one attached hydrogen (secondary N) is 1. The molecule has 0 radical (unpaired) electrons. The van der Waals surface area contributed by atoms with Crippen molar-refractivity contribution in [3.63, 3.8) is 0 Å². The van der Waals surface area contributed by atoms with Gasteiger partial charge in [0.15, 0.2) is 0 Å². The molecule has 0 saturated carbocycles. The fraction of sp³-hybridized carbons (Fsp3) is 0.263. The van der Waals surface area contributed by atoms with E-state index in [2.05, 4.69) is 5.32 Å². The fourth-order valence-corrected chi connectivity index (χ4v) is 2.96. The van der Waals surface area contributed by atoms with Gasteiger partial charge in [-0.1, -0.05) is 48.5 Å². The third kappa shape index (κ3) is 4.22. The van der Waals surface area contributed by atoms with Crippen molar-refractivity contribution in [2.75, 3.05) is 6.54 Å². The van der Waals surface area contributed by atoms with Crippen LogP contribution in [0, 0.1) is 0 Å². The molecule has 3 rings (SSSR count). The average Bonchev–Trinajstić information content (AvgIpc) is 2.59. The highest BCUT2D eigenvalue weighted by molar-refractivity contribution is 5.95. The Morgan fingerprint density at radius 1 is 1.00 bits per heavy atom. The monoisotopic (exact) mass is 362 g/mol. The Hall–Kier alpha value is -2.83. The summed E-state index contributed by atoms with van der Waals surface area (Å²) in [6, 6.07) is 13.2. The van der Waals surface area contributed by atoms with Crippen molar-refractivity contribution >= 4 is 11.8 Å². The maximum Gasteiger partial charge on any atom is 0.416 e. The summed E-state index contributed by atoms with van der Waals surface area (Å²) in [5.41, 5.74) is 0.458. The van der Waals surface area contributed by atoms with Gasteiger partial charge < -0.3 is 10.2 Å². The van der Waals surface area contributed by atoms with Crippen molar-refractivity contribution in [2.24, 2.45) is 0 Å². The lowest BCUT2D eigenvalue weighted by atomic mass is 10.0. The Balaban J connectivity index is 1.75. The fourth-order valence-electron chi connectivity index (χ4n) is 2.96. The Morgan fingerprint density at radius 3 is 2.38 bits per heavy atom. The van der Waals surface area contributed by atoms with Crippen molar-refractivity contribution < 1.29 is 22.8 Å². The van der Waals surface area contributed by atoms with Gasteiger partial charge >= 0.3 is 6.18 Å². The second-order valence-electron chi connectivity index (χ2n) is 6.20. The number of nitrogens with zero attached hydrogens (tertiary/aromatic N) is 1. The molecule has 1 heterocycles. The molecular formula is C19H17F3N2O2. The Kier molecular flexibility index (Phi) is 4.97. The number of amides is 2. The van der Waals surface area contributed by atoms with Crippen molar-refractivity contribution in [1.29, 1.82) is 0 Å². The summed E-state index contributed by atoms with van der Waals surface area (Å²) in [5, 5.41) is 2.58. The molecule has 26 heavy (non-hydrogen) atoms. The number of hydrogen-bond donors (Lipinski definition) is 1. The maximum atomic E-state index is 12.8. The molecule has 1 aliphatic rings. The van der Waals surface area contributed by atoms with Crippen LogP contribution in [0.5, 0.6) is 0 Å². The zero-order valence-electron chi connectivity index (χ0n) is 13.8. The van der Waals surface area contributed by atoms with Crippen molar-refractivity contribution in [3.8, 4) is 0 Å². The number of piperazine rings is 1. The predicted octanol–water partition coefficient (Wildman–Crippen LogP) is 2.78. The number of hydrogen-bond acceptors (Lipinski definition) is 2. The minimum Gasteiger partial charge on any atom is -0.342 e. The summed E-state index contributed by atoms with van der Waals surface area (Å²) >= 11 is 0. The van der Waals surface area contributed by atoms with Gasteiger partial charge in [0.05, 0.1) is 12.1 Å². The zero-order valence-corrected chi connectivity index (χ0v) is 13.8. The molecule has 7 heteroatoms. The number of halogens is 3. The molecule has 0 bridgehead atoms. The number of benzene rings is 2.